The van der Waals surface area contributed by atoms with Crippen molar-refractivity contribution in [2.75, 3.05) is 46.4 Å². The number of nitrogens with one attached hydrogen (secondary N) is 2. The van der Waals surface area contributed by atoms with Crippen LogP contribution < -0.4 is 10.0 Å². The lowest BCUT2D eigenvalue weighted by molar-refractivity contribution is 0.146. The number of hydrogen-bond acceptors (Lipinski definition) is 4. The summed E-state index contributed by atoms with van der Waals surface area (Å²) in [5, 5.41) is 3.25. The summed E-state index contributed by atoms with van der Waals surface area (Å²) in [7, 11) is -1.74. The number of nitrogens with zero attached hydrogens (tertiary/aromatic N) is 1. The van der Waals surface area contributed by atoms with Crippen molar-refractivity contribution in [1.29, 1.82) is 0 Å². The smallest absolute Gasteiger partial charge is 0.279 e. The third-order valence-corrected chi connectivity index (χ3v) is 4.19. The topological polar surface area (TPSA) is 70.7 Å². The van der Waals surface area contributed by atoms with Gasteiger partial charge in [0.2, 0.25) is 0 Å². The van der Waals surface area contributed by atoms with E-state index < -0.39 is 10.2 Å². The Balaban J connectivity index is 3.72. The summed E-state index contributed by atoms with van der Waals surface area (Å²) in [6, 6.07) is 0. The molecule has 0 aromatic heterocycles. The van der Waals surface area contributed by atoms with Crippen molar-refractivity contribution in [2.24, 2.45) is 0 Å². The molecule has 0 aliphatic carbocycles. The van der Waals surface area contributed by atoms with E-state index in [0.29, 0.717) is 32.7 Å². The van der Waals surface area contributed by atoms with Gasteiger partial charge in [0.05, 0.1) is 0 Å². The first-order chi connectivity index (χ1) is 9.04. The maximum atomic E-state index is 11.8. The molecule has 0 radical (unpaired) electrons. The molecule has 19 heavy (non-hydrogen) atoms. The van der Waals surface area contributed by atoms with Gasteiger partial charge in [-0.2, -0.15) is 12.7 Å². The molecule has 0 aromatic carbocycles. The minimum Gasteiger partial charge on any atom is -0.382 e. The summed E-state index contributed by atoms with van der Waals surface area (Å²) in [6.45, 7) is 8.05. The molecule has 0 unspecified atom stereocenters. The maximum absolute atomic E-state index is 11.8. The molecular weight excluding hydrogens is 266 g/mol. The first kappa shape index (κ1) is 18.8. The molecule has 0 fully saturated rings. The summed E-state index contributed by atoms with van der Waals surface area (Å²) in [5.41, 5.74) is 0. The van der Waals surface area contributed by atoms with Gasteiger partial charge in [-0.15, -0.1) is 0 Å². The molecule has 0 rings (SSSR count). The van der Waals surface area contributed by atoms with Crippen molar-refractivity contribution in [3.05, 3.63) is 0 Å². The maximum Gasteiger partial charge on any atom is 0.279 e. The van der Waals surface area contributed by atoms with Crippen LogP contribution >= 0.6 is 0 Å². The van der Waals surface area contributed by atoms with Gasteiger partial charge in [0.15, 0.2) is 0 Å². The lowest BCUT2D eigenvalue weighted by atomic mass is 10.4. The molecule has 0 aliphatic rings. The molecule has 7 heteroatoms. The van der Waals surface area contributed by atoms with Crippen molar-refractivity contribution < 1.29 is 13.2 Å². The molecule has 0 saturated heterocycles. The molecule has 0 spiro atoms. The Kier molecular flexibility index (Phi) is 11.5. The number of rotatable bonds is 13. The monoisotopic (exact) mass is 295 g/mol. The van der Waals surface area contributed by atoms with Crippen LogP contribution in [-0.4, -0.2) is 59.2 Å². The Morgan fingerprint density at radius 2 is 1.84 bits per heavy atom. The van der Waals surface area contributed by atoms with Gasteiger partial charge in [-0.1, -0.05) is 6.92 Å². The van der Waals surface area contributed by atoms with Gasteiger partial charge in [-0.3, -0.25) is 0 Å². The molecule has 116 valence electrons. The Hall–Kier alpha value is -0.210. The molecule has 0 heterocycles. The van der Waals surface area contributed by atoms with Gasteiger partial charge in [0, 0.05) is 33.4 Å². The molecule has 0 atom stereocenters. The van der Waals surface area contributed by atoms with Gasteiger partial charge >= 0.3 is 0 Å². The minimum atomic E-state index is -3.34. The van der Waals surface area contributed by atoms with E-state index in [-0.39, 0.29) is 0 Å². The van der Waals surface area contributed by atoms with Crippen molar-refractivity contribution in [1.82, 2.24) is 14.3 Å². The van der Waals surface area contributed by atoms with Crippen molar-refractivity contribution in [3.8, 4) is 0 Å². The van der Waals surface area contributed by atoms with Crippen LogP contribution in [0.2, 0.25) is 0 Å². The zero-order valence-corrected chi connectivity index (χ0v) is 13.3. The second-order valence-electron chi connectivity index (χ2n) is 4.37. The molecule has 2 N–H and O–H groups in total. The first-order valence-corrected chi connectivity index (χ1v) is 8.48. The van der Waals surface area contributed by atoms with Crippen LogP contribution in [0.15, 0.2) is 0 Å². The molecule has 0 aromatic rings. The van der Waals surface area contributed by atoms with Crippen LogP contribution in [0.25, 0.3) is 0 Å². The van der Waals surface area contributed by atoms with E-state index >= 15 is 0 Å². The summed E-state index contributed by atoms with van der Waals surface area (Å²) < 4.78 is 32.8. The Morgan fingerprint density at radius 3 is 2.47 bits per heavy atom. The largest absolute Gasteiger partial charge is 0.382 e. The second-order valence-corrected chi connectivity index (χ2v) is 6.24. The zero-order chi connectivity index (χ0) is 14.6. The van der Waals surface area contributed by atoms with E-state index in [4.69, 9.17) is 4.74 Å². The fourth-order valence-electron chi connectivity index (χ4n) is 1.48. The number of ether oxygens (including phenoxy) is 1. The molecule has 0 bridgehead atoms. The van der Waals surface area contributed by atoms with E-state index in [1.807, 2.05) is 6.92 Å². The van der Waals surface area contributed by atoms with E-state index in [1.165, 1.54) is 4.31 Å². The Bertz CT molecular complexity index is 297. The summed E-state index contributed by atoms with van der Waals surface area (Å²) in [4.78, 5) is 0. The highest BCUT2D eigenvalue weighted by Gasteiger charge is 2.15. The standard InChI is InChI=1S/C12H29N3O3S/c1-4-8-13-9-6-11-15(3)19(16,17)14-10-7-12-18-5-2/h13-14H,4-12H2,1-3H3. The van der Waals surface area contributed by atoms with Gasteiger partial charge in [0.25, 0.3) is 10.2 Å². The average Bonchev–Trinajstić information content (AvgIpc) is 2.38. The predicted molar refractivity (Wildman–Crippen MR) is 78.4 cm³/mol. The molecule has 0 aliphatic heterocycles. The highest BCUT2D eigenvalue weighted by Crippen LogP contribution is 1.96. The van der Waals surface area contributed by atoms with Crippen LogP contribution in [0, 0.1) is 0 Å². The summed E-state index contributed by atoms with van der Waals surface area (Å²) in [5.74, 6) is 0. The number of hydrogen-bond donors (Lipinski definition) is 2. The molecule has 6 nitrogen and oxygen atoms in total. The van der Waals surface area contributed by atoms with Crippen molar-refractivity contribution >= 4 is 10.2 Å². The van der Waals surface area contributed by atoms with E-state index in [1.54, 1.807) is 7.05 Å². The lowest BCUT2D eigenvalue weighted by Gasteiger charge is -2.17. The summed E-state index contributed by atoms with van der Waals surface area (Å²) >= 11 is 0. The van der Waals surface area contributed by atoms with E-state index in [2.05, 4.69) is 17.0 Å². The summed E-state index contributed by atoms with van der Waals surface area (Å²) in [6.07, 6.45) is 2.60. The van der Waals surface area contributed by atoms with Crippen LogP contribution in [-0.2, 0) is 14.9 Å². The van der Waals surface area contributed by atoms with Crippen LogP contribution in [0.1, 0.15) is 33.1 Å². The van der Waals surface area contributed by atoms with Gasteiger partial charge in [-0.05, 0) is 39.3 Å². The Labute approximate surface area is 118 Å². The Morgan fingerprint density at radius 1 is 1.11 bits per heavy atom. The minimum absolute atomic E-state index is 0.417. The van der Waals surface area contributed by atoms with E-state index in [9.17, 15) is 8.42 Å². The normalized spacial score (nSPS) is 12.2. The third kappa shape index (κ3) is 10.3. The highest BCUT2D eigenvalue weighted by atomic mass is 32.2. The second kappa shape index (κ2) is 11.6. The highest BCUT2D eigenvalue weighted by molar-refractivity contribution is 7.87. The fraction of sp³-hybridized carbons (Fsp3) is 1.00. The third-order valence-electron chi connectivity index (χ3n) is 2.62. The quantitative estimate of drug-likeness (QED) is 0.487. The van der Waals surface area contributed by atoms with Gasteiger partial charge < -0.3 is 10.1 Å². The molecular formula is C12H29N3O3S. The predicted octanol–water partition coefficient (Wildman–Crippen LogP) is 0.569. The molecule has 0 saturated carbocycles. The van der Waals surface area contributed by atoms with Gasteiger partial charge in [-0.25, -0.2) is 4.72 Å². The average molecular weight is 295 g/mol. The SMILES string of the molecule is CCCNCCCN(C)S(=O)(=O)NCCCOCC. The van der Waals surface area contributed by atoms with Crippen LogP contribution in [0.5, 0.6) is 0 Å². The van der Waals surface area contributed by atoms with Gasteiger partial charge in [0.1, 0.15) is 0 Å². The molecule has 0 amide bonds. The van der Waals surface area contributed by atoms with Crippen LogP contribution in [0.4, 0.5) is 0 Å². The van der Waals surface area contributed by atoms with Crippen molar-refractivity contribution in [3.63, 3.8) is 0 Å². The lowest BCUT2D eigenvalue weighted by Crippen LogP contribution is -2.40. The van der Waals surface area contributed by atoms with Crippen molar-refractivity contribution in [2.45, 2.75) is 33.1 Å². The fourth-order valence-corrected chi connectivity index (χ4v) is 2.47. The first-order valence-electron chi connectivity index (χ1n) is 7.04. The van der Waals surface area contributed by atoms with Crippen LogP contribution in [0.3, 0.4) is 0 Å². The van der Waals surface area contributed by atoms with E-state index in [0.717, 1.165) is 25.9 Å². The zero-order valence-electron chi connectivity index (χ0n) is 12.4.